The van der Waals surface area contributed by atoms with Crippen LogP contribution >= 0.6 is 0 Å². The number of hydrogen-bond acceptors (Lipinski definition) is 4. The minimum absolute atomic E-state index is 0.555. The number of fused-ring (bicyclic) bond motifs is 10. The summed E-state index contributed by atoms with van der Waals surface area (Å²) in [6.45, 7) is 0. The lowest BCUT2D eigenvalue weighted by atomic mass is 10.0. The number of benzene rings is 3. The standard InChI is InChI=1S/C24H13N5/c1-2-6-15-12-19-18(11-14(15)5-1)20-24(28-23-22(27-20)25-9-10-26-23)29-13-16-7-3-4-8-17(16)21(19)29/h1-13H. The SMILES string of the molecule is c1ccc2cc3c(cc2c1)c1nc2nccnc2nc1n1cc2ccccc2c31. The first-order chi connectivity index (χ1) is 14.4. The Kier molecular flexibility index (Phi) is 2.68. The molecular weight excluding hydrogens is 358 g/mol. The third kappa shape index (κ3) is 1.93. The van der Waals surface area contributed by atoms with Crippen LogP contribution in [0, 0.1) is 0 Å². The summed E-state index contributed by atoms with van der Waals surface area (Å²) < 4.78 is 2.15. The van der Waals surface area contributed by atoms with Crippen LogP contribution in [-0.2, 0) is 0 Å². The molecule has 4 aromatic heterocycles. The second kappa shape index (κ2) is 5.23. The van der Waals surface area contributed by atoms with E-state index in [0.29, 0.717) is 11.3 Å². The largest absolute Gasteiger partial charge is 0.298 e. The van der Waals surface area contributed by atoms with Crippen molar-refractivity contribution in [2.24, 2.45) is 0 Å². The Morgan fingerprint density at radius 2 is 1.28 bits per heavy atom. The molecule has 0 unspecified atom stereocenters. The van der Waals surface area contributed by atoms with Gasteiger partial charge in [0.25, 0.3) is 0 Å². The molecule has 0 saturated heterocycles. The third-order valence-corrected chi connectivity index (χ3v) is 5.65. The van der Waals surface area contributed by atoms with Gasteiger partial charge in [0, 0.05) is 40.1 Å². The number of pyridine rings is 1. The van der Waals surface area contributed by atoms with E-state index in [0.717, 1.165) is 27.5 Å². The van der Waals surface area contributed by atoms with E-state index < -0.39 is 0 Å². The van der Waals surface area contributed by atoms with E-state index in [9.17, 15) is 0 Å². The van der Waals surface area contributed by atoms with Crippen LogP contribution in [0.4, 0.5) is 0 Å². The van der Waals surface area contributed by atoms with Crippen molar-refractivity contribution in [1.82, 2.24) is 24.3 Å². The average molecular weight is 371 g/mol. The summed E-state index contributed by atoms with van der Waals surface area (Å²) in [5.74, 6) is 0. The van der Waals surface area contributed by atoms with E-state index in [1.54, 1.807) is 12.4 Å². The van der Waals surface area contributed by atoms with Gasteiger partial charge in [0.05, 0.1) is 5.52 Å². The molecule has 3 aromatic carbocycles. The van der Waals surface area contributed by atoms with Crippen LogP contribution in [0.2, 0.25) is 0 Å². The van der Waals surface area contributed by atoms with Gasteiger partial charge in [-0.15, -0.1) is 0 Å². The molecule has 134 valence electrons. The van der Waals surface area contributed by atoms with Gasteiger partial charge in [-0.2, -0.15) is 0 Å². The molecule has 0 aliphatic carbocycles. The predicted octanol–water partition coefficient (Wildman–Crippen LogP) is 5.29. The van der Waals surface area contributed by atoms with Gasteiger partial charge in [-0.1, -0.05) is 48.5 Å². The van der Waals surface area contributed by atoms with Crippen molar-refractivity contribution in [1.29, 1.82) is 0 Å². The smallest absolute Gasteiger partial charge is 0.199 e. The summed E-state index contributed by atoms with van der Waals surface area (Å²) in [5, 5.41) is 7.01. The van der Waals surface area contributed by atoms with Gasteiger partial charge in [0.2, 0.25) is 0 Å². The molecule has 29 heavy (non-hydrogen) atoms. The maximum Gasteiger partial charge on any atom is 0.199 e. The summed E-state index contributed by atoms with van der Waals surface area (Å²) in [5.41, 5.74) is 3.90. The summed E-state index contributed by atoms with van der Waals surface area (Å²) in [6.07, 6.45) is 5.45. The number of nitrogens with zero attached hydrogens (tertiary/aromatic N) is 5. The highest BCUT2D eigenvalue weighted by molar-refractivity contribution is 6.21. The first kappa shape index (κ1) is 14.9. The van der Waals surface area contributed by atoms with E-state index in [1.807, 2.05) is 0 Å². The third-order valence-electron chi connectivity index (χ3n) is 5.65. The van der Waals surface area contributed by atoms with Crippen molar-refractivity contribution in [3.63, 3.8) is 0 Å². The van der Waals surface area contributed by atoms with Gasteiger partial charge < -0.3 is 0 Å². The molecule has 7 rings (SSSR count). The maximum atomic E-state index is 4.88. The van der Waals surface area contributed by atoms with Crippen molar-refractivity contribution in [2.45, 2.75) is 0 Å². The molecule has 0 aliphatic rings. The van der Waals surface area contributed by atoms with Crippen molar-refractivity contribution in [3.8, 4) is 0 Å². The zero-order chi connectivity index (χ0) is 18.9. The summed E-state index contributed by atoms with van der Waals surface area (Å²) in [6, 6.07) is 21.3. The molecule has 0 bridgehead atoms. The van der Waals surface area contributed by atoms with Crippen LogP contribution in [0.1, 0.15) is 0 Å². The molecule has 0 aliphatic heterocycles. The van der Waals surface area contributed by atoms with E-state index >= 15 is 0 Å². The van der Waals surface area contributed by atoms with Crippen LogP contribution in [0.3, 0.4) is 0 Å². The molecular formula is C24H13N5. The first-order valence-electron chi connectivity index (χ1n) is 9.49. The fourth-order valence-electron chi connectivity index (χ4n) is 4.37. The Morgan fingerprint density at radius 3 is 2.07 bits per heavy atom. The molecule has 0 radical (unpaired) electrons. The normalized spacial score (nSPS) is 12.1. The van der Waals surface area contributed by atoms with Gasteiger partial charge in [0.15, 0.2) is 16.9 Å². The fourth-order valence-corrected chi connectivity index (χ4v) is 4.37. The zero-order valence-electron chi connectivity index (χ0n) is 15.2. The quantitative estimate of drug-likeness (QED) is 0.269. The van der Waals surface area contributed by atoms with Crippen LogP contribution in [-0.4, -0.2) is 24.3 Å². The minimum Gasteiger partial charge on any atom is -0.298 e. The van der Waals surface area contributed by atoms with Crippen LogP contribution in [0.15, 0.2) is 79.3 Å². The van der Waals surface area contributed by atoms with Crippen molar-refractivity contribution < 1.29 is 0 Å². The Labute approximate surface area is 164 Å². The predicted molar refractivity (Wildman–Crippen MR) is 116 cm³/mol. The maximum absolute atomic E-state index is 4.88. The van der Waals surface area contributed by atoms with Gasteiger partial charge in [-0.05, 0) is 22.9 Å². The summed E-state index contributed by atoms with van der Waals surface area (Å²) >= 11 is 0. The fraction of sp³-hybridized carbons (Fsp3) is 0. The molecule has 0 amide bonds. The minimum atomic E-state index is 0.555. The molecule has 0 N–H and O–H groups in total. The monoisotopic (exact) mass is 371 g/mol. The van der Waals surface area contributed by atoms with Crippen LogP contribution in [0.25, 0.3) is 60.3 Å². The lowest BCUT2D eigenvalue weighted by Gasteiger charge is -2.10. The molecule has 4 heterocycles. The summed E-state index contributed by atoms with van der Waals surface area (Å²) in [7, 11) is 0. The van der Waals surface area contributed by atoms with E-state index in [2.05, 4.69) is 81.2 Å². The topological polar surface area (TPSA) is 56.0 Å². The van der Waals surface area contributed by atoms with E-state index in [1.165, 1.54) is 21.5 Å². The van der Waals surface area contributed by atoms with E-state index in [-0.39, 0.29) is 0 Å². The molecule has 5 nitrogen and oxygen atoms in total. The van der Waals surface area contributed by atoms with Gasteiger partial charge in [-0.3, -0.25) is 4.40 Å². The Morgan fingerprint density at radius 1 is 0.621 bits per heavy atom. The van der Waals surface area contributed by atoms with Crippen molar-refractivity contribution in [2.75, 3.05) is 0 Å². The Balaban J connectivity index is 1.86. The van der Waals surface area contributed by atoms with Crippen LogP contribution < -0.4 is 0 Å². The van der Waals surface area contributed by atoms with Gasteiger partial charge in [-0.25, -0.2) is 19.9 Å². The number of aromatic nitrogens is 5. The number of rotatable bonds is 0. The number of hydrogen-bond donors (Lipinski definition) is 0. The highest BCUT2D eigenvalue weighted by Crippen LogP contribution is 2.36. The second-order valence-corrected chi connectivity index (χ2v) is 7.28. The van der Waals surface area contributed by atoms with Gasteiger partial charge >= 0.3 is 0 Å². The highest BCUT2D eigenvalue weighted by Gasteiger charge is 2.16. The lowest BCUT2D eigenvalue weighted by Crippen LogP contribution is -1.98. The zero-order valence-corrected chi connectivity index (χ0v) is 15.2. The van der Waals surface area contributed by atoms with Crippen molar-refractivity contribution in [3.05, 3.63) is 79.3 Å². The molecule has 7 aromatic rings. The average Bonchev–Trinajstić information content (AvgIpc) is 3.17. The Bertz CT molecular complexity index is 1760. The second-order valence-electron chi connectivity index (χ2n) is 7.28. The van der Waals surface area contributed by atoms with Crippen molar-refractivity contribution >= 4 is 60.3 Å². The molecule has 0 atom stereocenters. The first-order valence-corrected chi connectivity index (χ1v) is 9.49. The highest BCUT2D eigenvalue weighted by atomic mass is 15.1. The molecule has 5 heteroatoms. The molecule has 0 fully saturated rings. The van der Waals surface area contributed by atoms with Crippen LogP contribution in [0.5, 0.6) is 0 Å². The Hall–Kier alpha value is -4.12. The van der Waals surface area contributed by atoms with E-state index in [4.69, 9.17) is 9.97 Å². The molecule has 0 saturated carbocycles. The lowest BCUT2D eigenvalue weighted by molar-refractivity contribution is 1.16. The summed E-state index contributed by atoms with van der Waals surface area (Å²) in [4.78, 5) is 18.5. The van der Waals surface area contributed by atoms with Gasteiger partial charge in [0.1, 0.15) is 5.52 Å². The molecule has 0 spiro atoms.